The summed E-state index contributed by atoms with van der Waals surface area (Å²) in [6.07, 6.45) is 2.31. The van der Waals surface area contributed by atoms with Gasteiger partial charge in [0.1, 0.15) is 11.6 Å². The van der Waals surface area contributed by atoms with Crippen LogP contribution >= 0.6 is 23.1 Å². The third-order valence-electron chi connectivity index (χ3n) is 3.43. The zero-order chi connectivity index (χ0) is 15.0. The lowest BCUT2D eigenvalue weighted by atomic mass is 9.93. The normalized spacial score (nSPS) is 15.6. The van der Waals surface area contributed by atoms with Gasteiger partial charge in [-0.05, 0) is 12.8 Å². The number of hydrogen-bond donors (Lipinski definition) is 1. The summed E-state index contributed by atoms with van der Waals surface area (Å²) >= 11 is 3.35. The molecule has 1 aliphatic carbocycles. The number of nitrogens with zero attached hydrogens (tertiary/aromatic N) is 4. The first-order valence-electron chi connectivity index (χ1n) is 7.11. The van der Waals surface area contributed by atoms with Gasteiger partial charge in [0.05, 0.1) is 11.4 Å². The van der Waals surface area contributed by atoms with Gasteiger partial charge in [0, 0.05) is 16.8 Å². The fraction of sp³-hybridized carbons (Fsp3) is 0.643. The van der Waals surface area contributed by atoms with Crippen molar-refractivity contribution in [2.75, 3.05) is 0 Å². The average molecular weight is 324 g/mol. The van der Waals surface area contributed by atoms with E-state index < -0.39 is 0 Å². The molecule has 1 N–H and O–H groups in total. The molecule has 0 spiro atoms. The first-order chi connectivity index (χ1) is 9.99. The van der Waals surface area contributed by atoms with Crippen molar-refractivity contribution in [3.05, 3.63) is 21.9 Å². The van der Waals surface area contributed by atoms with Crippen molar-refractivity contribution >= 4 is 23.1 Å². The number of thiazole rings is 1. The molecule has 21 heavy (non-hydrogen) atoms. The zero-order valence-corrected chi connectivity index (χ0v) is 14.2. The minimum Gasteiger partial charge on any atom is -0.388 e. The van der Waals surface area contributed by atoms with Gasteiger partial charge in [-0.1, -0.05) is 32.5 Å². The van der Waals surface area contributed by atoms with Gasteiger partial charge >= 0.3 is 0 Å². The van der Waals surface area contributed by atoms with Gasteiger partial charge in [-0.15, -0.1) is 21.5 Å². The second kappa shape index (κ2) is 5.70. The number of rotatable bonds is 5. The summed E-state index contributed by atoms with van der Waals surface area (Å²) < 4.78 is 2.09. The second-order valence-corrected chi connectivity index (χ2v) is 8.21. The van der Waals surface area contributed by atoms with E-state index in [0.717, 1.165) is 34.5 Å². The molecule has 0 amide bonds. The molecule has 3 rings (SSSR count). The molecule has 7 heteroatoms. The molecule has 1 fully saturated rings. The van der Waals surface area contributed by atoms with E-state index in [-0.39, 0.29) is 12.0 Å². The topological polar surface area (TPSA) is 63.8 Å². The Morgan fingerprint density at radius 3 is 2.71 bits per heavy atom. The summed E-state index contributed by atoms with van der Waals surface area (Å²) in [5, 5.41) is 21.8. The van der Waals surface area contributed by atoms with Crippen LogP contribution in [-0.4, -0.2) is 24.9 Å². The maximum absolute atomic E-state index is 9.34. The first kappa shape index (κ1) is 15.0. The molecule has 5 nitrogen and oxygen atoms in total. The summed E-state index contributed by atoms with van der Waals surface area (Å²) in [6.45, 7) is 6.48. The molecule has 0 bridgehead atoms. The lowest BCUT2D eigenvalue weighted by Crippen LogP contribution is -2.11. The SMILES string of the molecule is CC(C)(C)c1csc(CSc2nnc(CO)n2C2CC2)n1. The summed E-state index contributed by atoms with van der Waals surface area (Å²) in [5.41, 5.74) is 1.24. The molecule has 1 saturated carbocycles. The Labute approximate surface area is 132 Å². The number of thioether (sulfide) groups is 1. The molecule has 2 heterocycles. The van der Waals surface area contributed by atoms with Crippen molar-refractivity contribution in [2.24, 2.45) is 0 Å². The second-order valence-electron chi connectivity index (χ2n) is 6.32. The fourth-order valence-corrected chi connectivity index (χ4v) is 4.12. The van der Waals surface area contributed by atoms with Crippen LogP contribution in [0.5, 0.6) is 0 Å². The van der Waals surface area contributed by atoms with Gasteiger partial charge < -0.3 is 9.67 Å². The fourth-order valence-electron chi connectivity index (χ4n) is 2.06. The summed E-state index contributed by atoms with van der Waals surface area (Å²) in [7, 11) is 0. The highest BCUT2D eigenvalue weighted by molar-refractivity contribution is 7.98. The van der Waals surface area contributed by atoms with Gasteiger partial charge in [0.25, 0.3) is 0 Å². The van der Waals surface area contributed by atoms with Gasteiger partial charge in [-0.3, -0.25) is 0 Å². The van der Waals surface area contributed by atoms with Crippen molar-refractivity contribution < 1.29 is 5.11 Å². The minimum atomic E-state index is -0.0461. The number of aliphatic hydroxyl groups excluding tert-OH is 1. The van der Waals surface area contributed by atoms with E-state index in [2.05, 4.69) is 40.9 Å². The quantitative estimate of drug-likeness (QED) is 0.856. The van der Waals surface area contributed by atoms with Crippen LogP contribution in [0.15, 0.2) is 10.5 Å². The van der Waals surface area contributed by atoms with Gasteiger partial charge in [0.2, 0.25) is 0 Å². The number of hydrogen-bond acceptors (Lipinski definition) is 6. The maximum atomic E-state index is 9.34. The van der Waals surface area contributed by atoms with Gasteiger partial charge in [-0.25, -0.2) is 4.98 Å². The third-order valence-corrected chi connectivity index (χ3v) is 5.42. The van der Waals surface area contributed by atoms with Crippen LogP contribution in [-0.2, 0) is 17.8 Å². The van der Waals surface area contributed by atoms with E-state index in [9.17, 15) is 5.11 Å². The zero-order valence-electron chi connectivity index (χ0n) is 12.5. The lowest BCUT2D eigenvalue weighted by Gasteiger charge is -2.14. The van der Waals surface area contributed by atoms with Crippen LogP contribution in [0, 0.1) is 0 Å². The van der Waals surface area contributed by atoms with Gasteiger partial charge in [-0.2, -0.15) is 0 Å². The minimum absolute atomic E-state index is 0.0461. The Hall–Kier alpha value is -0.920. The molecule has 0 saturated heterocycles. The average Bonchev–Trinajstić information content (AvgIpc) is 3.01. The van der Waals surface area contributed by atoms with Crippen LogP contribution in [0.1, 0.15) is 56.2 Å². The highest BCUT2D eigenvalue weighted by Crippen LogP contribution is 2.39. The summed E-state index contributed by atoms with van der Waals surface area (Å²) in [5.74, 6) is 1.48. The molecular formula is C14H20N4OS2. The lowest BCUT2D eigenvalue weighted by molar-refractivity contribution is 0.263. The van der Waals surface area contributed by atoms with E-state index >= 15 is 0 Å². The molecule has 2 aromatic heterocycles. The number of aromatic nitrogens is 4. The number of aliphatic hydroxyl groups is 1. The molecule has 0 aliphatic heterocycles. The van der Waals surface area contributed by atoms with Crippen LogP contribution < -0.4 is 0 Å². The Kier molecular flexibility index (Phi) is 4.07. The Bertz CT molecular complexity index is 625. The van der Waals surface area contributed by atoms with Crippen molar-refractivity contribution in [3.63, 3.8) is 0 Å². The third kappa shape index (κ3) is 3.30. The standard InChI is InChI=1S/C14H20N4OS2/c1-14(2,3)10-7-20-12(15-10)8-21-13-17-16-11(6-19)18(13)9-4-5-9/h7,9,19H,4-6,8H2,1-3H3. The predicted octanol–water partition coefficient (Wildman–Crippen LogP) is 3.15. The molecule has 0 radical (unpaired) electrons. The Morgan fingerprint density at radius 2 is 2.14 bits per heavy atom. The molecule has 0 unspecified atom stereocenters. The van der Waals surface area contributed by atoms with Crippen LogP contribution in [0.2, 0.25) is 0 Å². The first-order valence-corrected chi connectivity index (χ1v) is 8.98. The van der Waals surface area contributed by atoms with E-state index in [0.29, 0.717) is 11.9 Å². The van der Waals surface area contributed by atoms with Crippen molar-refractivity contribution in [1.29, 1.82) is 0 Å². The van der Waals surface area contributed by atoms with E-state index in [1.807, 2.05) is 0 Å². The molecule has 0 atom stereocenters. The predicted molar refractivity (Wildman–Crippen MR) is 84.6 cm³/mol. The molecule has 0 aromatic carbocycles. The highest BCUT2D eigenvalue weighted by atomic mass is 32.2. The molecule has 114 valence electrons. The summed E-state index contributed by atoms with van der Waals surface area (Å²) in [4.78, 5) is 4.70. The largest absolute Gasteiger partial charge is 0.388 e. The van der Waals surface area contributed by atoms with Crippen molar-refractivity contribution in [1.82, 2.24) is 19.7 Å². The molecular weight excluding hydrogens is 304 g/mol. The van der Waals surface area contributed by atoms with E-state index in [1.165, 1.54) is 0 Å². The molecule has 2 aromatic rings. The van der Waals surface area contributed by atoms with Gasteiger partial charge in [0.15, 0.2) is 11.0 Å². The van der Waals surface area contributed by atoms with E-state index in [1.54, 1.807) is 23.1 Å². The van der Waals surface area contributed by atoms with Crippen LogP contribution in [0.4, 0.5) is 0 Å². The van der Waals surface area contributed by atoms with Crippen molar-refractivity contribution in [3.8, 4) is 0 Å². The Balaban J connectivity index is 1.70. The van der Waals surface area contributed by atoms with Crippen LogP contribution in [0.3, 0.4) is 0 Å². The maximum Gasteiger partial charge on any atom is 0.191 e. The van der Waals surface area contributed by atoms with Crippen molar-refractivity contribution in [2.45, 2.75) is 62.6 Å². The monoisotopic (exact) mass is 324 g/mol. The Morgan fingerprint density at radius 1 is 1.38 bits per heavy atom. The smallest absolute Gasteiger partial charge is 0.191 e. The summed E-state index contributed by atoms with van der Waals surface area (Å²) in [6, 6.07) is 0.478. The highest BCUT2D eigenvalue weighted by Gasteiger charge is 2.29. The van der Waals surface area contributed by atoms with Crippen LogP contribution in [0.25, 0.3) is 0 Å². The van der Waals surface area contributed by atoms with E-state index in [4.69, 9.17) is 4.98 Å². The molecule has 1 aliphatic rings.